The van der Waals surface area contributed by atoms with E-state index in [0.29, 0.717) is 4.90 Å². The lowest BCUT2D eigenvalue weighted by atomic mass is 10.0. The van der Waals surface area contributed by atoms with Crippen LogP contribution in [0.3, 0.4) is 0 Å². The van der Waals surface area contributed by atoms with Crippen LogP contribution in [0.25, 0.3) is 11.1 Å². The molecule has 3 nitrogen and oxygen atoms in total. The smallest absolute Gasteiger partial charge is 0.168 e. The summed E-state index contributed by atoms with van der Waals surface area (Å²) in [7, 11) is -2.50. The van der Waals surface area contributed by atoms with Gasteiger partial charge in [0.15, 0.2) is 10.7 Å². The molecule has 0 unspecified atom stereocenters. The van der Waals surface area contributed by atoms with Crippen LogP contribution < -0.4 is 0 Å². The Kier molecular flexibility index (Phi) is 4.90. The second-order valence-electron chi connectivity index (χ2n) is 5.80. The summed E-state index contributed by atoms with van der Waals surface area (Å²) in [4.78, 5) is 2.89. The molecular formula is C18H21NO2S. The topological polar surface area (TPSA) is 37.4 Å². The van der Waals surface area contributed by atoms with Gasteiger partial charge in [-0.2, -0.15) is 0 Å². The molecule has 0 aliphatic carbocycles. The fraction of sp³-hybridized carbons (Fsp3) is 0.333. The van der Waals surface area contributed by atoms with E-state index in [2.05, 4.69) is 29.2 Å². The maximum Gasteiger partial charge on any atom is 0.168 e. The Morgan fingerprint density at radius 3 is 1.91 bits per heavy atom. The van der Waals surface area contributed by atoms with Gasteiger partial charge in [0.1, 0.15) is 0 Å². The van der Waals surface area contributed by atoms with E-state index in [1.165, 1.54) is 31.5 Å². The van der Waals surface area contributed by atoms with Crippen LogP contribution in [0.15, 0.2) is 53.4 Å². The predicted octanol–water partition coefficient (Wildman–Crippen LogP) is 2.96. The third-order valence-electron chi connectivity index (χ3n) is 4.28. The lowest BCUT2D eigenvalue weighted by Gasteiger charge is -2.14. The molecule has 0 amide bonds. The molecule has 116 valence electrons. The molecule has 3 rings (SSSR count). The molecule has 1 heterocycles. The van der Waals surface area contributed by atoms with E-state index >= 15 is 0 Å². The minimum absolute atomic E-state index is 0.362. The number of benzene rings is 2. The summed E-state index contributed by atoms with van der Waals surface area (Å²) < 4.78 is 21.8. The van der Waals surface area contributed by atoms with E-state index in [1.54, 1.807) is 12.1 Å². The van der Waals surface area contributed by atoms with E-state index in [0.717, 1.165) is 24.1 Å². The summed E-state index contributed by atoms with van der Waals surface area (Å²) in [5.41, 5.74) is 3.53. The second-order valence-corrected chi connectivity index (χ2v) is 6.83. The average Bonchev–Trinajstić information content (AvgIpc) is 3.07. The summed E-state index contributed by atoms with van der Waals surface area (Å²) >= 11 is 0. The van der Waals surface area contributed by atoms with Gasteiger partial charge in [0.2, 0.25) is 0 Å². The third-order valence-corrected chi connectivity index (χ3v) is 5.00. The zero-order valence-corrected chi connectivity index (χ0v) is 13.5. The SMILES string of the molecule is O=[SH](=O)c1ccc(-c2ccc(CCN3CCCC3)cc2)cc1. The molecule has 0 bridgehead atoms. The van der Waals surface area contributed by atoms with Gasteiger partial charge in [-0.25, -0.2) is 8.42 Å². The zero-order chi connectivity index (χ0) is 15.4. The van der Waals surface area contributed by atoms with Gasteiger partial charge in [0.05, 0.1) is 4.90 Å². The Morgan fingerprint density at radius 2 is 1.36 bits per heavy atom. The van der Waals surface area contributed by atoms with Gasteiger partial charge in [0.25, 0.3) is 0 Å². The van der Waals surface area contributed by atoms with Crippen molar-refractivity contribution in [2.75, 3.05) is 19.6 Å². The Labute approximate surface area is 133 Å². The Hall–Kier alpha value is -1.65. The Morgan fingerprint density at radius 1 is 0.818 bits per heavy atom. The van der Waals surface area contributed by atoms with Crippen molar-refractivity contribution in [1.82, 2.24) is 4.90 Å². The number of nitrogens with zero attached hydrogens (tertiary/aromatic N) is 1. The minimum Gasteiger partial charge on any atom is -0.303 e. The first-order valence-corrected chi connectivity index (χ1v) is 8.96. The fourth-order valence-electron chi connectivity index (χ4n) is 2.93. The molecule has 0 atom stereocenters. The van der Waals surface area contributed by atoms with Crippen LogP contribution in [-0.4, -0.2) is 33.0 Å². The molecule has 0 saturated carbocycles. The number of hydrogen-bond donors (Lipinski definition) is 1. The molecule has 1 saturated heterocycles. The predicted molar refractivity (Wildman–Crippen MR) is 89.8 cm³/mol. The van der Waals surface area contributed by atoms with Gasteiger partial charge in [-0.3, -0.25) is 0 Å². The first kappa shape index (κ1) is 15.3. The van der Waals surface area contributed by atoms with E-state index in [4.69, 9.17) is 0 Å². The average molecular weight is 315 g/mol. The van der Waals surface area contributed by atoms with Crippen molar-refractivity contribution in [1.29, 1.82) is 0 Å². The van der Waals surface area contributed by atoms with Crippen LogP contribution in [0, 0.1) is 0 Å². The van der Waals surface area contributed by atoms with Gasteiger partial charge in [-0.05, 0) is 61.2 Å². The Balaban J connectivity index is 1.65. The van der Waals surface area contributed by atoms with Crippen LogP contribution in [0.1, 0.15) is 18.4 Å². The third kappa shape index (κ3) is 3.76. The van der Waals surface area contributed by atoms with Crippen LogP contribution >= 0.6 is 0 Å². The first-order valence-electron chi connectivity index (χ1n) is 7.78. The number of rotatable bonds is 5. The molecule has 0 aromatic heterocycles. The van der Waals surface area contributed by atoms with Crippen molar-refractivity contribution >= 4 is 10.7 Å². The molecule has 22 heavy (non-hydrogen) atoms. The Bertz CT molecular complexity index is 676. The zero-order valence-electron chi connectivity index (χ0n) is 12.6. The van der Waals surface area contributed by atoms with Crippen molar-refractivity contribution < 1.29 is 8.42 Å². The monoisotopic (exact) mass is 315 g/mol. The van der Waals surface area contributed by atoms with E-state index in [1.807, 2.05) is 12.1 Å². The standard InChI is InChI=1S/C18H21NO2S/c20-22(21)18-9-7-17(8-10-18)16-5-3-15(4-6-16)11-14-19-12-1-2-13-19/h3-10,22H,1-2,11-14H2. The summed E-state index contributed by atoms with van der Waals surface area (Å²) in [6, 6.07) is 15.6. The normalized spacial score (nSPS) is 15.5. The van der Waals surface area contributed by atoms with Crippen molar-refractivity contribution in [2.24, 2.45) is 0 Å². The van der Waals surface area contributed by atoms with Crippen molar-refractivity contribution in [3.63, 3.8) is 0 Å². The van der Waals surface area contributed by atoms with Crippen LogP contribution in [0.2, 0.25) is 0 Å². The largest absolute Gasteiger partial charge is 0.303 e. The molecule has 0 radical (unpaired) electrons. The minimum atomic E-state index is -2.50. The molecule has 2 aromatic carbocycles. The highest BCUT2D eigenvalue weighted by atomic mass is 32.2. The van der Waals surface area contributed by atoms with Crippen LogP contribution in [0.5, 0.6) is 0 Å². The molecule has 0 spiro atoms. The van der Waals surface area contributed by atoms with Crippen molar-refractivity contribution in [3.05, 3.63) is 54.1 Å². The number of likely N-dealkylation sites (tertiary alicyclic amines) is 1. The molecule has 1 aliphatic rings. The highest BCUT2D eigenvalue weighted by Gasteiger charge is 2.10. The molecule has 2 aromatic rings. The van der Waals surface area contributed by atoms with Crippen LogP contribution in [-0.2, 0) is 17.1 Å². The summed E-state index contributed by atoms with van der Waals surface area (Å²) in [5, 5.41) is 0. The van der Waals surface area contributed by atoms with Crippen LogP contribution in [0.4, 0.5) is 0 Å². The van der Waals surface area contributed by atoms with E-state index < -0.39 is 10.7 Å². The number of hydrogen-bond acceptors (Lipinski definition) is 3. The lowest BCUT2D eigenvalue weighted by molar-refractivity contribution is 0.343. The van der Waals surface area contributed by atoms with Gasteiger partial charge >= 0.3 is 0 Å². The maximum absolute atomic E-state index is 10.9. The molecule has 1 fully saturated rings. The highest BCUT2D eigenvalue weighted by Crippen LogP contribution is 2.21. The summed E-state index contributed by atoms with van der Waals surface area (Å²) in [6.07, 6.45) is 3.77. The molecular weight excluding hydrogens is 294 g/mol. The molecule has 1 aliphatic heterocycles. The fourth-order valence-corrected chi connectivity index (χ4v) is 3.33. The van der Waals surface area contributed by atoms with E-state index in [-0.39, 0.29) is 0 Å². The summed E-state index contributed by atoms with van der Waals surface area (Å²) in [6.45, 7) is 3.63. The second kappa shape index (κ2) is 7.07. The summed E-state index contributed by atoms with van der Waals surface area (Å²) in [5.74, 6) is 0. The van der Waals surface area contributed by atoms with Gasteiger partial charge in [-0.1, -0.05) is 36.4 Å². The van der Waals surface area contributed by atoms with Crippen molar-refractivity contribution in [2.45, 2.75) is 24.2 Å². The lowest BCUT2D eigenvalue weighted by Crippen LogP contribution is -2.21. The van der Waals surface area contributed by atoms with Crippen molar-refractivity contribution in [3.8, 4) is 11.1 Å². The van der Waals surface area contributed by atoms with E-state index in [9.17, 15) is 8.42 Å². The molecule has 4 heteroatoms. The first-order chi connectivity index (χ1) is 10.7. The van der Waals surface area contributed by atoms with Gasteiger partial charge in [0, 0.05) is 6.54 Å². The maximum atomic E-state index is 10.9. The highest BCUT2D eigenvalue weighted by molar-refractivity contribution is 7.72. The quantitative estimate of drug-likeness (QED) is 0.862. The van der Waals surface area contributed by atoms with Gasteiger partial charge in [-0.15, -0.1) is 0 Å². The molecule has 0 N–H and O–H groups in total. The van der Waals surface area contributed by atoms with Gasteiger partial charge < -0.3 is 4.90 Å². The number of thiol groups is 1.